The lowest BCUT2D eigenvalue weighted by atomic mass is 10.1. The predicted molar refractivity (Wildman–Crippen MR) is 98.1 cm³/mol. The molecule has 4 nitrogen and oxygen atoms in total. The fourth-order valence-corrected chi connectivity index (χ4v) is 2.58. The zero-order valence-corrected chi connectivity index (χ0v) is 13.6. The number of nitrogens with two attached hydrogens (primary N) is 1. The number of esters is 1. The topological polar surface area (TPSA) is 64.3 Å². The van der Waals surface area contributed by atoms with Gasteiger partial charge in [0.15, 0.2) is 0 Å². The zero-order chi connectivity index (χ0) is 16.9. The Kier molecular flexibility index (Phi) is 4.66. The van der Waals surface area contributed by atoms with Crippen LogP contribution in [0.2, 0.25) is 0 Å². The quantitative estimate of drug-likeness (QED) is 0.546. The van der Waals surface area contributed by atoms with Crippen LogP contribution in [-0.4, -0.2) is 12.6 Å². The number of nitrogen functional groups attached to an aromatic ring is 1. The summed E-state index contributed by atoms with van der Waals surface area (Å²) in [5.41, 5.74) is 9.38. The second-order valence-corrected chi connectivity index (χ2v) is 5.56. The fraction of sp³-hybridized carbons (Fsp3) is 0.150. The Balaban J connectivity index is 1.71. The van der Waals surface area contributed by atoms with E-state index in [-0.39, 0.29) is 5.97 Å². The van der Waals surface area contributed by atoms with E-state index in [2.05, 4.69) is 17.4 Å². The Morgan fingerprint density at radius 3 is 2.38 bits per heavy atom. The van der Waals surface area contributed by atoms with Crippen molar-refractivity contribution in [2.45, 2.75) is 13.5 Å². The average Bonchev–Trinajstić information content (AvgIpc) is 2.60. The molecule has 0 unspecified atom stereocenters. The Bertz CT molecular complexity index is 857. The number of hydrogen-bond acceptors (Lipinski definition) is 4. The SMILES string of the molecule is CCOC(=O)c1ccc(CNc2cc3ccccc3cc2N)cc1. The minimum atomic E-state index is -0.296. The molecule has 4 heteroatoms. The molecule has 0 bridgehead atoms. The van der Waals surface area contributed by atoms with Crippen LogP contribution >= 0.6 is 0 Å². The maximum Gasteiger partial charge on any atom is 0.338 e. The van der Waals surface area contributed by atoms with Crippen LogP contribution in [0.1, 0.15) is 22.8 Å². The van der Waals surface area contributed by atoms with E-state index < -0.39 is 0 Å². The Morgan fingerprint density at radius 1 is 1.04 bits per heavy atom. The molecule has 3 N–H and O–H groups in total. The van der Waals surface area contributed by atoms with Crippen molar-refractivity contribution in [3.63, 3.8) is 0 Å². The highest BCUT2D eigenvalue weighted by atomic mass is 16.5. The summed E-state index contributed by atoms with van der Waals surface area (Å²) in [5, 5.41) is 5.62. The molecule has 0 radical (unpaired) electrons. The van der Waals surface area contributed by atoms with Crippen LogP contribution < -0.4 is 11.1 Å². The van der Waals surface area contributed by atoms with Gasteiger partial charge in [-0.3, -0.25) is 0 Å². The van der Waals surface area contributed by atoms with Gasteiger partial charge in [-0.15, -0.1) is 0 Å². The van der Waals surface area contributed by atoms with E-state index in [1.807, 2.05) is 36.4 Å². The molecule has 0 aliphatic heterocycles. The van der Waals surface area contributed by atoms with Crippen molar-refractivity contribution in [3.05, 3.63) is 71.8 Å². The van der Waals surface area contributed by atoms with Gasteiger partial charge in [0.1, 0.15) is 0 Å². The van der Waals surface area contributed by atoms with Crippen LogP contribution in [0.4, 0.5) is 11.4 Å². The fourth-order valence-electron chi connectivity index (χ4n) is 2.58. The van der Waals surface area contributed by atoms with Crippen molar-refractivity contribution in [2.75, 3.05) is 17.7 Å². The lowest BCUT2D eigenvalue weighted by molar-refractivity contribution is 0.0526. The summed E-state index contributed by atoms with van der Waals surface area (Å²) in [6.45, 7) is 2.80. The van der Waals surface area contributed by atoms with Gasteiger partial charge >= 0.3 is 5.97 Å². The maximum absolute atomic E-state index is 11.7. The van der Waals surface area contributed by atoms with Crippen LogP contribution in [-0.2, 0) is 11.3 Å². The van der Waals surface area contributed by atoms with Gasteiger partial charge in [-0.05, 0) is 47.5 Å². The van der Waals surface area contributed by atoms with Gasteiger partial charge in [-0.2, -0.15) is 0 Å². The van der Waals surface area contributed by atoms with E-state index in [0.717, 1.165) is 27.7 Å². The standard InChI is InChI=1S/C20H20N2O2/c1-2-24-20(23)15-9-7-14(8-10-15)13-22-19-12-17-6-4-3-5-16(17)11-18(19)21/h3-12,22H,2,13,21H2,1H3. The molecule has 0 atom stereocenters. The number of carbonyl (C=O) groups is 1. The number of nitrogens with one attached hydrogen (secondary N) is 1. The summed E-state index contributed by atoms with van der Waals surface area (Å²) in [4.78, 5) is 11.7. The summed E-state index contributed by atoms with van der Waals surface area (Å²) in [6.07, 6.45) is 0. The molecule has 3 rings (SSSR count). The van der Waals surface area contributed by atoms with Crippen LogP contribution in [0.3, 0.4) is 0 Å². The average molecular weight is 320 g/mol. The summed E-state index contributed by atoms with van der Waals surface area (Å²) < 4.78 is 4.98. The second kappa shape index (κ2) is 7.04. The Labute approximate surface area is 141 Å². The molecule has 0 fully saturated rings. The number of benzene rings is 3. The third-order valence-electron chi connectivity index (χ3n) is 3.87. The molecular weight excluding hydrogens is 300 g/mol. The largest absolute Gasteiger partial charge is 0.462 e. The van der Waals surface area contributed by atoms with Gasteiger partial charge in [0, 0.05) is 6.54 Å². The molecule has 3 aromatic rings. The third-order valence-corrected chi connectivity index (χ3v) is 3.87. The van der Waals surface area contributed by atoms with E-state index in [9.17, 15) is 4.79 Å². The lowest BCUT2D eigenvalue weighted by Crippen LogP contribution is -2.06. The number of ether oxygens (including phenoxy) is 1. The van der Waals surface area contributed by atoms with Crippen molar-refractivity contribution < 1.29 is 9.53 Å². The molecule has 0 heterocycles. The van der Waals surface area contributed by atoms with Crippen molar-refractivity contribution in [1.82, 2.24) is 0 Å². The molecular formula is C20H20N2O2. The van der Waals surface area contributed by atoms with Crippen LogP contribution in [0, 0.1) is 0 Å². The van der Waals surface area contributed by atoms with Crippen molar-refractivity contribution in [1.29, 1.82) is 0 Å². The summed E-state index contributed by atoms with van der Waals surface area (Å²) in [5.74, 6) is -0.296. The van der Waals surface area contributed by atoms with Crippen molar-refractivity contribution in [3.8, 4) is 0 Å². The first-order valence-electron chi connectivity index (χ1n) is 7.95. The number of hydrogen-bond donors (Lipinski definition) is 2. The number of carbonyl (C=O) groups excluding carboxylic acids is 1. The molecule has 0 spiro atoms. The molecule has 122 valence electrons. The Hall–Kier alpha value is -3.01. The van der Waals surface area contributed by atoms with Crippen LogP contribution in [0.15, 0.2) is 60.7 Å². The third kappa shape index (κ3) is 3.49. The zero-order valence-electron chi connectivity index (χ0n) is 13.6. The van der Waals surface area contributed by atoms with E-state index >= 15 is 0 Å². The number of anilines is 2. The van der Waals surface area contributed by atoms with Crippen molar-refractivity contribution in [2.24, 2.45) is 0 Å². The van der Waals surface area contributed by atoms with E-state index in [4.69, 9.17) is 10.5 Å². The minimum absolute atomic E-state index is 0.296. The highest BCUT2D eigenvalue weighted by Crippen LogP contribution is 2.26. The van der Waals surface area contributed by atoms with Gasteiger partial charge in [0.2, 0.25) is 0 Å². The molecule has 0 saturated carbocycles. The molecule has 24 heavy (non-hydrogen) atoms. The summed E-state index contributed by atoms with van der Waals surface area (Å²) >= 11 is 0. The van der Waals surface area contributed by atoms with Gasteiger partial charge in [-0.1, -0.05) is 36.4 Å². The van der Waals surface area contributed by atoms with E-state index in [1.165, 1.54) is 0 Å². The molecule has 0 aromatic heterocycles. The van der Waals surface area contributed by atoms with E-state index in [1.54, 1.807) is 19.1 Å². The molecule has 0 aliphatic rings. The second-order valence-electron chi connectivity index (χ2n) is 5.56. The van der Waals surface area contributed by atoms with Gasteiger partial charge < -0.3 is 15.8 Å². The number of fused-ring (bicyclic) bond motifs is 1. The smallest absolute Gasteiger partial charge is 0.338 e. The first-order valence-corrected chi connectivity index (χ1v) is 7.95. The summed E-state index contributed by atoms with van der Waals surface area (Å²) in [7, 11) is 0. The normalized spacial score (nSPS) is 10.5. The van der Waals surface area contributed by atoms with Gasteiger partial charge in [-0.25, -0.2) is 4.79 Å². The van der Waals surface area contributed by atoms with Crippen molar-refractivity contribution >= 4 is 28.1 Å². The first kappa shape index (κ1) is 15.9. The highest BCUT2D eigenvalue weighted by molar-refractivity contribution is 5.91. The monoisotopic (exact) mass is 320 g/mol. The summed E-state index contributed by atoms with van der Waals surface area (Å²) in [6, 6.07) is 19.5. The predicted octanol–water partition coefficient (Wildman–Crippen LogP) is 4.21. The molecule has 0 saturated heterocycles. The number of rotatable bonds is 5. The molecule has 3 aromatic carbocycles. The van der Waals surface area contributed by atoms with Crippen LogP contribution in [0.5, 0.6) is 0 Å². The maximum atomic E-state index is 11.7. The molecule has 0 aliphatic carbocycles. The first-order chi connectivity index (χ1) is 11.7. The minimum Gasteiger partial charge on any atom is -0.462 e. The Morgan fingerprint density at radius 2 is 1.71 bits per heavy atom. The van der Waals surface area contributed by atoms with Gasteiger partial charge in [0.25, 0.3) is 0 Å². The highest BCUT2D eigenvalue weighted by Gasteiger charge is 2.06. The lowest BCUT2D eigenvalue weighted by Gasteiger charge is -2.11. The van der Waals surface area contributed by atoms with E-state index in [0.29, 0.717) is 18.7 Å². The van der Waals surface area contributed by atoms with Gasteiger partial charge in [0.05, 0.1) is 23.5 Å². The van der Waals surface area contributed by atoms with Crippen LogP contribution in [0.25, 0.3) is 10.8 Å². The molecule has 0 amide bonds.